The molecule has 2 atom stereocenters. The highest BCUT2D eigenvalue weighted by molar-refractivity contribution is 6.03. The number of aromatic nitrogens is 1. The maximum absolute atomic E-state index is 14.2. The van der Waals surface area contributed by atoms with Gasteiger partial charge in [-0.2, -0.15) is 4.39 Å². The topological polar surface area (TPSA) is 119 Å². The molecular weight excluding hydrogens is 452 g/mol. The molecule has 0 spiro atoms. The summed E-state index contributed by atoms with van der Waals surface area (Å²) < 4.78 is 40.2. The second kappa shape index (κ2) is 9.10. The van der Waals surface area contributed by atoms with Gasteiger partial charge in [-0.15, -0.1) is 0 Å². The first-order valence-electron chi connectivity index (χ1n) is 10.3. The highest BCUT2D eigenvalue weighted by Gasteiger charge is 2.29. The molecule has 1 aliphatic heterocycles. The predicted octanol–water partition coefficient (Wildman–Crippen LogP) is 1.97. The molecule has 0 fully saturated rings. The van der Waals surface area contributed by atoms with Crippen LogP contribution in [0.15, 0.2) is 41.3 Å². The number of hydrogen-bond donors (Lipinski definition) is 3. The van der Waals surface area contributed by atoms with Crippen molar-refractivity contribution in [2.45, 2.75) is 19.0 Å². The lowest BCUT2D eigenvalue weighted by Crippen LogP contribution is -2.47. The van der Waals surface area contributed by atoms with Crippen LogP contribution < -0.4 is 25.5 Å². The highest BCUT2D eigenvalue weighted by atomic mass is 19.2. The number of anilines is 1. The molecule has 0 saturated carbocycles. The van der Waals surface area contributed by atoms with Crippen LogP contribution in [0.25, 0.3) is 10.9 Å². The number of aliphatic hydroxyl groups excluding tert-OH is 1. The number of carbonyl (C=O) groups excluding carboxylic acids is 2. The van der Waals surface area contributed by atoms with E-state index in [4.69, 9.17) is 9.47 Å². The highest BCUT2D eigenvalue weighted by Crippen LogP contribution is 2.35. The summed E-state index contributed by atoms with van der Waals surface area (Å²) in [6.07, 6.45) is 1.21. The molecule has 178 valence electrons. The lowest BCUT2D eigenvalue weighted by atomic mass is 10.1. The predicted molar refractivity (Wildman–Crippen MR) is 118 cm³/mol. The minimum absolute atomic E-state index is 0.00535. The number of nitrogens with one attached hydrogen (secondary N) is 2. The fraction of sp³-hybridized carbons (Fsp3) is 0.261. The maximum atomic E-state index is 14.2. The van der Waals surface area contributed by atoms with Gasteiger partial charge in [0.05, 0.1) is 30.7 Å². The van der Waals surface area contributed by atoms with Crippen LogP contribution in [-0.4, -0.2) is 47.9 Å². The third-order valence-electron chi connectivity index (χ3n) is 5.50. The van der Waals surface area contributed by atoms with Crippen LogP contribution >= 0.6 is 0 Å². The maximum Gasteiger partial charge on any atom is 0.257 e. The molecule has 9 nitrogen and oxygen atoms in total. The van der Waals surface area contributed by atoms with Crippen LogP contribution in [0.3, 0.4) is 0 Å². The summed E-state index contributed by atoms with van der Waals surface area (Å²) in [5, 5.41) is 14.3. The quantitative estimate of drug-likeness (QED) is 0.504. The number of benzene rings is 2. The Kier molecular flexibility index (Phi) is 6.20. The monoisotopic (exact) mass is 473 g/mol. The zero-order valence-corrected chi connectivity index (χ0v) is 18.2. The number of halogens is 2. The smallest absolute Gasteiger partial charge is 0.257 e. The van der Waals surface area contributed by atoms with Gasteiger partial charge in [-0.25, -0.2) is 4.39 Å². The molecule has 0 saturated heterocycles. The second-order valence-corrected chi connectivity index (χ2v) is 7.77. The number of rotatable bonds is 6. The van der Waals surface area contributed by atoms with Crippen molar-refractivity contribution in [1.82, 2.24) is 9.88 Å². The molecule has 2 amide bonds. The Hall–Kier alpha value is -3.99. The molecule has 0 aliphatic carbocycles. The van der Waals surface area contributed by atoms with E-state index in [1.165, 1.54) is 17.9 Å². The molecule has 2 heterocycles. The van der Waals surface area contributed by atoms with Gasteiger partial charge in [-0.3, -0.25) is 14.4 Å². The summed E-state index contributed by atoms with van der Waals surface area (Å²) in [5.41, 5.74) is -0.864. The van der Waals surface area contributed by atoms with Gasteiger partial charge in [0.15, 0.2) is 11.6 Å². The van der Waals surface area contributed by atoms with Crippen molar-refractivity contribution in [2.75, 3.05) is 25.6 Å². The van der Waals surface area contributed by atoms with E-state index in [1.54, 1.807) is 31.2 Å². The Morgan fingerprint density at radius 1 is 1.32 bits per heavy atom. The number of methoxy groups -OCH3 is 1. The zero-order chi connectivity index (χ0) is 24.6. The molecule has 1 aromatic heterocycles. The van der Waals surface area contributed by atoms with Gasteiger partial charge in [0.25, 0.3) is 5.91 Å². The average Bonchev–Trinajstić information content (AvgIpc) is 2.83. The average molecular weight is 473 g/mol. The van der Waals surface area contributed by atoms with Crippen molar-refractivity contribution in [3.05, 3.63) is 63.9 Å². The van der Waals surface area contributed by atoms with E-state index in [-0.39, 0.29) is 17.5 Å². The Labute approximate surface area is 191 Å². The van der Waals surface area contributed by atoms with Crippen molar-refractivity contribution >= 4 is 28.4 Å². The van der Waals surface area contributed by atoms with Gasteiger partial charge in [-0.05, 0) is 25.1 Å². The Bertz CT molecular complexity index is 1360. The van der Waals surface area contributed by atoms with Crippen molar-refractivity contribution in [3.8, 4) is 11.5 Å². The van der Waals surface area contributed by atoms with E-state index in [1.807, 2.05) is 0 Å². The lowest BCUT2D eigenvalue weighted by Gasteiger charge is -2.27. The summed E-state index contributed by atoms with van der Waals surface area (Å²) in [6, 6.07) is 5.38. The molecule has 0 radical (unpaired) electrons. The van der Waals surface area contributed by atoms with E-state index in [2.05, 4.69) is 10.6 Å². The van der Waals surface area contributed by atoms with Crippen molar-refractivity contribution < 1.29 is 33.0 Å². The molecule has 34 heavy (non-hydrogen) atoms. The summed E-state index contributed by atoms with van der Waals surface area (Å²) >= 11 is 0. The van der Waals surface area contributed by atoms with Gasteiger partial charge in [-0.1, -0.05) is 6.07 Å². The van der Waals surface area contributed by atoms with Gasteiger partial charge >= 0.3 is 0 Å². The molecule has 1 unspecified atom stereocenters. The first-order valence-corrected chi connectivity index (χ1v) is 10.3. The van der Waals surface area contributed by atoms with Gasteiger partial charge in [0.1, 0.15) is 24.0 Å². The number of aliphatic hydroxyl groups is 1. The molecule has 0 bridgehead atoms. The van der Waals surface area contributed by atoms with E-state index in [9.17, 15) is 28.3 Å². The van der Waals surface area contributed by atoms with Crippen molar-refractivity contribution in [2.24, 2.45) is 0 Å². The largest absolute Gasteiger partial charge is 0.497 e. The molecule has 2 aromatic carbocycles. The van der Waals surface area contributed by atoms with E-state index < -0.39 is 58.9 Å². The zero-order valence-electron chi connectivity index (χ0n) is 18.2. The van der Waals surface area contributed by atoms with Crippen LogP contribution in [0.4, 0.5) is 14.5 Å². The summed E-state index contributed by atoms with van der Waals surface area (Å²) in [6.45, 7) is 0.958. The molecule has 3 aromatic rings. The van der Waals surface area contributed by atoms with E-state index >= 15 is 0 Å². The number of nitrogens with zero attached hydrogens (tertiary/aromatic N) is 1. The number of pyridine rings is 1. The number of amides is 2. The summed E-state index contributed by atoms with van der Waals surface area (Å²) in [4.78, 5) is 38.5. The van der Waals surface area contributed by atoms with E-state index in [0.717, 1.165) is 0 Å². The third kappa shape index (κ3) is 4.05. The van der Waals surface area contributed by atoms with Gasteiger partial charge in [0.2, 0.25) is 17.2 Å². The van der Waals surface area contributed by atoms with Crippen LogP contribution in [0, 0.1) is 11.6 Å². The standard InChI is InChI=1S/C23H21F2N3O6/c1-11-10-34-21-18(25)16(24)7-14-19(21)28(11)8-15(20(14)30)22(31)27-17(9-29)23(32)26-12-4-3-5-13(6-12)33-2/h3-8,11,17,29H,9-10H2,1-2H3,(H,26,32)(H,27,31)/t11?,17-/m0/s1. The van der Waals surface area contributed by atoms with Crippen molar-refractivity contribution in [3.63, 3.8) is 0 Å². The molecule has 3 N–H and O–H groups in total. The lowest BCUT2D eigenvalue weighted by molar-refractivity contribution is -0.118. The van der Waals surface area contributed by atoms with Crippen LogP contribution in [0.5, 0.6) is 11.5 Å². The van der Waals surface area contributed by atoms with Crippen LogP contribution in [-0.2, 0) is 4.79 Å². The SMILES string of the molecule is COc1cccc(NC(=O)[C@H](CO)NC(=O)c2cn3c4c(c(F)c(F)cc4c2=O)OCC3C)c1. The minimum Gasteiger partial charge on any atom is -0.497 e. The minimum atomic E-state index is -1.39. The molecule has 11 heteroatoms. The fourth-order valence-electron chi connectivity index (χ4n) is 3.72. The molecule has 4 rings (SSSR count). The molecule has 1 aliphatic rings. The van der Waals surface area contributed by atoms with Crippen molar-refractivity contribution in [1.29, 1.82) is 0 Å². The summed E-state index contributed by atoms with van der Waals surface area (Å²) in [7, 11) is 1.46. The molecular formula is C23H21F2N3O6. The number of carbonyl (C=O) groups is 2. The second-order valence-electron chi connectivity index (χ2n) is 7.77. The Morgan fingerprint density at radius 3 is 2.79 bits per heavy atom. The van der Waals surface area contributed by atoms with Crippen LogP contribution in [0.1, 0.15) is 23.3 Å². The first-order chi connectivity index (χ1) is 16.2. The normalized spacial score (nSPS) is 15.4. The third-order valence-corrected chi connectivity index (χ3v) is 5.50. The fourth-order valence-corrected chi connectivity index (χ4v) is 3.72. The number of ether oxygens (including phenoxy) is 2. The van der Waals surface area contributed by atoms with Gasteiger partial charge < -0.3 is 29.8 Å². The van der Waals surface area contributed by atoms with Gasteiger partial charge in [0, 0.05) is 18.0 Å². The van der Waals surface area contributed by atoms with E-state index in [0.29, 0.717) is 17.5 Å². The Morgan fingerprint density at radius 2 is 2.09 bits per heavy atom. The summed E-state index contributed by atoms with van der Waals surface area (Å²) in [5.74, 6) is -4.11. The first kappa shape index (κ1) is 23.2. The van der Waals surface area contributed by atoms with Crippen LogP contribution in [0.2, 0.25) is 0 Å². The number of hydrogen-bond acceptors (Lipinski definition) is 6. The Balaban J connectivity index is 1.66.